The van der Waals surface area contributed by atoms with E-state index in [0.29, 0.717) is 5.69 Å². The van der Waals surface area contributed by atoms with Crippen LogP contribution in [0.25, 0.3) is 0 Å². The van der Waals surface area contributed by atoms with E-state index in [9.17, 15) is 0 Å². The van der Waals surface area contributed by atoms with Crippen molar-refractivity contribution in [3.8, 4) is 0 Å². The molecule has 0 atom stereocenters. The fourth-order valence-electron chi connectivity index (χ4n) is 1.23. The first-order valence-corrected chi connectivity index (χ1v) is 8.72. The van der Waals surface area contributed by atoms with Gasteiger partial charge in [0.2, 0.25) is 0 Å². The van der Waals surface area contributed by atoms with Gasteiger partial charge in [-0.2, -0.15) is 0 Å². The molecule has 0 saturated carbocycles. The second-order valence-corrected chi connectivity index (χ2v) is 7.34. The molecule has 112 valence electrons. The lowest BCUT2D eigenvalue weighted by molar-refractivity contribution is 1.40. The molecule has 4 nitrogen and oxygen atoms in total. The largest absolute Gasteiger partial charge is 0.398 e. The molecule has 0 heterocycles. The van der Waals surface area contributed by atoms with Gasteiger partial charge in [-0.25, -0.2) is 4.99 Å². The molecular weight excluding hydrogens is 532 g/mol. The molecule has 0 aliphatic rings. The van der Waals surface area contributed by atoms with Gasteiger partial charge < -0.3 is 17.2 Å². The minimum Gasteiger partial charge on any atom is -0.398 e. The van der Waals surface area contributed by atoms with Crippen LogP contribution in [-0.2, 0) is 0 Å². The number of halogens is 4. The number of hydrogen-bond acceptors (Lipinski definition) is 2. The fraction of sp³-hybridized carbons (Fsp3) is 0. The number of hydrogen-bond donors (Lipinski definition) is 3. The molecule has 2 rings (SSSR count). The summed E-state index contributed by atoms with van der Waals surface area (Å²) in [7, 11) is 0. The van der Waals surface area contributed by atoms with Gasteiger partial charge in [-0.05, 0) is 68.3 Å². The maximum Gasteiger partial charge on any atom is 0.191 e. The number of aliphatic imine (C=N–C) groups is 1. The van der Waals surface area contributed by atoms with Gasteiger partial charge in [-0.1, -0.05) is 31.9 Å². The lowest BCUT2D eigenvalue weighted by Gasteiger charge is -1.98. The molecule has 0 unspecified atom stereocenters. The monoisotopic (exact) mass is 540 g/mol. The number of rotatable bonds is 1. The molecule has 0 aliphatic carbocycles. The maximum atomic E-state index is 5.54. The highest BCUT2D eigenvalue weighted by atomic mass is 79.9. The van der Waals surface area contributed by atoms with Crippen molar-refractivity contribution < 1.29 is 0 Å². The van der Waals surface area contributed by atoms with E-state index in [1.807, 2.05) is 36.4 Å². The molecule has 2 aromatic rings. The van der Waals surface area contributed by atoms with E-state index in [4.69, 9.17) is 17.2 Å². The van der Waals surface area contributed by atoms with E-state index in [-0.39, 0.29) is 5.96 Å². The van der Waals surface area contributed by atoms with Crippen molar-refractivity contribution in [1.82, 2.24) is 0 Å². The molecule has 0 fully saturated rings. The minimum absolute atomic E-state index is 0.0498. The number of benzene rings is 2. The van der Waals surface area contributed by atoms with Gasteiger partial charge in [-0.15, -0.1) is 0 Å². The van der Waals surface area contributed by atoms with E-state index in [2.05, 4.69) is 68.7 Å². The fourth-order valence-corrected chi connectivity index (χ4v) is 2.53. The van der Waals surface area contributed by atoms with Gasteiger partial charge >= 0.3 is 0 Å². The molecule has 0 radical (unpaired) electrons. The van der Waals surface area contributed by atoms with Crippen LogP contribution in [0.1, 0.15) is 0 Å². The van der Waals surface area contributed by atoms with Gasteiger partial charge in [-0.3, -0.25) is 0 Å². The zero-order valence-electron chi connectivity index (χ0n) is 10.7. The third kappa shape index (κ3) is 6.82. The second kappa shape index (κ2) is 8.77. The van der Waals surface area contributed by atoms with Crippen molar-refractivity contribution in [2.45, 2.75) is 0 Å². The average molecular weight is 544 g/mol. The van der Waals surface area contributed by atoms with Crippen LogP contribution in [0.15, 0.2) is 59.3 Å². The summed E-state index contributed by atoms with van der Waals surface area (Å²) in [5, 5.41) is 0. The van der Waals surface area contributed by atoms with Crippen LogP contribution in [0.4, 0.5) is 11.4 Å². The first-order chi connectivity index (χ1) is 9.79. The quantitative estimate of drug-likeness (QED) is 0.271. The SMILES string of the molecule is NC(N)=Nc1cc(Br)ccc1Br.Nc1cc(Br)ccc1Br. The Kier molecular flexibility index (Phi) is 7.72. The zero-order valence-corrected chi connectivity index (χ0v) is 17.0. The van der Waals surface area contributed by atoms with Gasteiger partial charge in [0.1, 0.15) is 0 Å². The van der Waals surface area contributed by atoms with Crippen LogP contribution in [0, 0.1) is 0 Å². The molecule has 0 saturated heterocycles. The molecule has 0 amide bonds. The van der Waals surface area contributed by atoms with Gasteiger partial charge in [0.15, 0.2) is 5.96 Å². The summed E-state index contributed by atoms with van der Waals surface area (Å²) in [5.41, 5.74) is 17.5. The highest BCUT2D eigenvalue weighted by Crippen LogP contribution is 2.28. The molecule has 2 aromatic carbocycles. The Morgan fingerprint density at radius 1 is 0.810 bits per heavy atom. The second-order valence-electron chi connectivity index (χ2n) is 3.80. The Balaban J connectivity index is 0.000000219. The van der Waals surface area contributed by atoms with E-state index in [1.54, 1.807) is 0 Å². The highest BCUT2D eigenvalue weighted by molar-refractivity contribution is 9.11. The molecule has 8 heteroatoms. The summed E-state index contributed by atoms with van der Waals surface area (Å²) < 4.78 is 3.73. The average Bonchev–Trinajstić information content (AvgIpc) is 2.39. The summed E-state index contributed by atoms with van der Waals surface area (Å²) in [6, 6.07) is 11.3. The Labute approximate surface area is 156 Å². The lowest BCUT2D eigenvalue weighted by Crippen LogP contribution is -2.21. The Bertz CT molecular complexity index is 655. The maximum absolute atomic E-state index is 5.54. The minimum atomic E-state index is 0.0498. The summed E-state index contributed by atoms with van der Waals surface area (Å²) in [4.78, 5) is 3.92. The Hall–Kier alpha value is -0.570. The third-order valence-corrected chi connectivity index (χ3v) is 4.50. The molecule has 21 heavy (non-hydrogen) atoms. The van der Waals surface area contributed by atoms with Crippen LogP contribution in [0.5, 0.6) is 0 Å². The van der Waals surface area contributed by atoms with Gasteiger partial charge in [0, 0.05) is 23.6 Å². The summed E-state index contributed by atoms with van der Waals surface area (Å²) in [6.45, 7) is 0. The predicted molar refractivity (Wildman–Crippen MR) is 104 cm³/mol. The van der Waals surface area contributed by atoms with Gasteiger partial charge in [0.05, 0.1) is 5.69 Å². The first-order valence-electron chi connectivity index (χ1n) is 5.55. The van der Waals surface area contributed by atoms with E-state index in [1.165, 1.54) is 0 Å². The Morgan fingerprint density at radius 2 is 1.33 bits per heavy atom. The highest BCUT2D eigenvalue weighted by Gasteiger charge is 1.98. The number of guanidine groups is 1. The first kappa shape index (κ1) is 18.5. The zero-order chi connectivity index (χ0) is 16.0. The molecular formula is C13H12Br4N4. The molecule has 6 N–H and O–H groups in total. The molecule has 0 spiro atoms. The smallest absolute Gasteiger partial charge is 0.191 e. The summed E-state index contributed by atoms with van der Waals surface area (Å²) >= 11 is 13.2. The topological polar surface area (TPSA) is 90.4 Å². The van der Waals surface area contributed by atoms with Crippen molar-refractivity contribution in [1.29, 1.82) is 0 Å². The van der Waals surface area contributed by atoms with Crippen molar-refractivity contribution in [3.63, 3.8) is 0 Å². The number of anilines is 1. The summed E-state index contributed by atoms with van der Waals surface area (Å²) in [6.07, 6.45) is 0. The van der Waals surface area contributed by atoms with Crippen molar-refractivity contribution in [2.75, 3.05) is 5.73 Å². The molecule has 0 aliphatic heterocycles. The number of nitrogens with zero attached hydrogens (tertiary/aromatic N) is 1. The Morgan fingerprint density at radius 3 is 1.81 bits per heavy atom. The standard InChI is InChI=1S/C7H7Br2N3.C6H5Br2N/c8-4-1-2-5(9)6(3-4)12-7(10)11;7-4-1-2-5(8)6(9)3-4/h1-3H,(H4,10,11,12);1-3H,9H2. The van der Waals surface area contributed by atoms with Crippen LogP contribution in [0.3, 0.4) is 0 Å². The van der Waals surface area contributed by atoms with E-state index >= 15 is 0 Å². The van der Waals surface area contributed by atoms with Crippen LogP contribution >= 0.6 is 63.7 Å². The normalized spacial score (nSPS) is 9.52. The predicted octanol–water partition coefficient (Wildman–Crippen LogP) is 4.91. The van der Waals surface area contributed by atoms with Crippen LogP contribution in [0.2, 0.25) is 0 Å². The van der Waals surface area contributed by atoms with Crippen molar-refractivity contribution >= 4 is 81.1 Å². The van der Waals surface area contributed by atoms with Crippen LogP contribution < -0.4 is 17.2 Å². The third-order valence-electron chi connectivity index (χ3n) is 2.12. The van der Waals surface area contributed by atoms with E-state index in [0.717, 1.165) is 23.6 Å². The molecule has 0 bridgehead atoms. The van der Waals surface area contributed by atoms with E-state index < -0.39 is 0 Å². The lowest BCUT2D eigenvalue weighted by atomic mass is 10.3. The number of nitrogen functional groups attached to an aromatic ring is 1. The van der Waals surface area contributed by atoms with Crippen molar-refractivity contribution in [3.05, 3.63) is 54.3 Å². The van der Waals surface area contributed by atoms with Crippen LogP contribution in [-0.4, -0.2) is 5.96 Å². The molecule has 0 aromatic heterocycles. The van der Waals surface area contributed by atoms with Crippen molar-refractivity contribution in [2.24, 2.45) is 16.5 Å². The summed E-state index contributed by atoms with van der Waals surface area (Å²) in [5.74, 6) is 0.0498. The van der Waals surface area contributed by atoms with Gasteiger partial charge in [0.25, 0.3) is 0 Å². The number of nitrogens with two attached hydrogens (primary N) is 3.